The maximum absolute atomic E-state index is 14.5. The third-order valence-corrected chi connectivity index (χ3v) is 7.99. The summed E-state index contributed by atoms with van der Waals surface area (Å²) in [5, 5.41) is 1.21. The number of rotatable bonds is 4. The Morgan fingerprint density at radius 2 is 1.26 bits per heavy atom. The Bertz CT molecular complexity index is 1040. The Kier molecular flexibility index (Phi) is 5.22. The van der Waals surface area contributed by atoms with Gasteiger partial charge in [0.05, 0.1) is 0 Å². The van der Waals surface area contributed by atoms with Gasteiger partial charge in [0.25, 0.3) is 0 Å². The van der Waals surface area contributed by atoms with Gasteiger partial charge in [-0.15, -0.1) is 0 Å². The Balaban J connectivity index is 2.32. The van der Waals surface area contributed by atoms with E-state index in [9.17, 15) is 9.36 Å². The molecule has 3 heteroatoms. The zero-order chi connectivity index (χ0) is 19.8. The Morgan fingerprint density at radius 1 is 0.704 bits per heavy atom. The molecular weight excluding hydrogens is 351 g/mol. The third kappa shape index (κ3) is 3.42. The van der Waals surface area contributed by atoms with Crippen LogP contribution in [-0.4, -0.2) is 5.52 Å². The molecule has 0 saturated carbocycles. The number of aryl methyl sites for hydroxylation is 5. The summed E-state index contributed by atoms with van der Waals surface area (Å²) in [6.07, 6.45) is 0. The van der Waals surface area contributed by atoms with Gasteiger partial charge in [0.15, 0.2) is 0 Å². The van der Waals surface area contributed by atoms with Gasteiger partial charge < -0.3 is 4.57 Å². The number of benzene rings is 3. The minimum atomic E-state index is -3.50. The molecule has 3 aromatic rings. The Morgan fingerprint density at radius 3 is 1.81 bits per heavy atom. The van der Waals surface area contributed by atoms with Crippen molar-refractivity contribution in [1.29, 1.82) is 0 Å². The predicted octanol–water partition coefficient (Wildman–Crippen LogP) is 5.38. The van der Waals surface area contributed by atoms with E-state index in [1.54, 1.807) is 12.1 Å². The fourth-order valence-corrected chi connectivity index (χ4v) is 6.67. The SMILES string of the molecule is Cc1ccc(P(=O)(C(=O)c2c(C)cc(C)cc2C)c2ccccc2)c(C)c1. The van der Waals surface area contributed by atoms with Gasteiger partial charge in [0.1, 0.15) is 0 Å². The molecule has 0 fully saturated rings. The van der Waals surface area contributed by atoms with Gasteiger partial charge in [-0.05, 0) is 51.3 Å². The van der Waals surface area contributed by atoms with E-state index in [4.69, 9.17) is 0 Å². The number of carbonyl (C=O) groups is 1. The summed E-state index contributed by atoms with van der Waals surface area (Å²) in [4.78, 5) is 13.8. The Hall–Kier alpha value is -2.44. The average Bonchev–Trinajstić information content (AvgIpc) is 2.61. The van der Waals surface area contributed by atoms with Crippen molar-refractivity contribution in [3.63, 3.8) is 0 Å². The highest BCUT2D eigenvalue weighted by atomic mass is 31.2. The second-order valence-electron chi connectivity index (χ2n) is 7.31. The normalized spacial score (nSPS) is 13.2. The average molecular weight is 376 g/mol. The molecular formula is C24H25O2P. The van der Waals surface area contributed by atoms with E-state index in [1.165, 1.54) is 0 Å². The number of hydrogen-bond acceptors (Lipinski definition) is 2. The lowest BCUT2D eigenvalue weighted by Gasteiger charge is -2.22. The van der Waals surface area contributed by atoms with Crippen LogP contribution in [0.5, 0.6) is 0 Å². The molecule has 0 amide bonds. The lowest BCUT2D eigenvalue weighted by Crippen LogP contribution is -2.25. The molecule has 0 aliphatic carbocycles. The van der Waals surface area contributed by atoms with Crippen LogP contribution in [0.4, 0.5) is 0 Å². The van der Waals surface area contributed by atoms with E-state index < -0.39 is 7.14 Å². The molecule has 138 valence electrons. The van der Waals surface area contributed by atoms with Gasteiger partial charge in [-0.25, -0.2) is 0 Å². The zero-order valence-corrected chi connectivity index (χ0v) is 17.4. The second kappa shape index (κ2) is 7.29. The highest BCUT2D eigenvalue weighted by molar-refractivity contribution is 7.93. The van der Waals surface area contributed by atoms with Crippen molar-refractivity contribution in [3.05, 3.63) is 94.0 Å². The second-order valence-corrected chi connectivity index (χ2v) is 9.94. The van der Waals surface area contributed by atoms with Crippen molar-refractivity contribution in [1.82, 2.24) is 0 Å². The van der Waals surface area contributed by atoms with E-state index in [2.05, 4.69) is 0 Å². The summed E-state index contributed by atoms with van der Waals surface area (Å²) in [5.41, 5.74) is 5.12. The topological polar surface area (TPSA) is 34.1 Å². The van der Waals surface area contributed by atoms with E-state index in [-0.39, 0.29) is 5.52 Å². The summed E-state index contributed by atoms with van der Waals surface area (Å²) in [5.74, 6) is 0. The van der Waals surface area contributed by atoms with Crippen LogP contribution < -0.4 is 10.6 Å². The van der Waals surface area contributed by atoms with Crippen molar-refractivity contribution in [2.24, 2.45) is 0 Å². The molecule has 0 spiro atoms. The first-order chi connectivity index (χ1) is 12.7. The van der Waals surface area contributed by atoms with Crippen molar-refractivity contribution in [3.8, 4) is 0 Å². The first-order valence-corrected chi connectivity index (χ1v) is 10.8. The Labute approximate surface area is 161 Å². The molecule has 0 bridgehead atoms. The van der Waals surface area contributed by atoms with E-state index in [0.717, 1.165) is 27.8 Å². The summed E-state index contributed by atoms with van der Waals surface area (Å²) >= 11 is 0. The maximum Gasteiger partial charge on any atom is 0.230 e. The fourth-order valence-electron chi connectivity index (χ4n) is 3.84. The molecule has 0 aliphatic rings. The molecule has 0 heterocycles. The van der Waals surface area contributed by atoms with Crippen LogP contribution in [0, 0.1) is 34.6 Å². The highest BCUT2D eigenvalue weighted by Crippen LogP contribution is 2.48. The summed E-state index contributed by atoms with van der Waals surface area (Å²) in [6.45, 7) is 9.78. The van der Waals surface area contributed by atoms with Crippen molar-refractivity contribution in [2.45, 2.75) is 34.6 Å². The molecule has 1 atom stereocenters. The predicted molar refractivity (Wildman–Crippen MR) is 114 cm³/mol. The fraction of sp³-hybridized carbons (Fsp3) is 0.208. The van der Waals surface area contributed by atoms with Gasteiger partial charge in [-0.1, -0.05) is 71.8 Å². The first-order valence-electron chi connectivity index (χ1n) is 9.11. The molecule has 0 N–H and O–H groups in total. The molecule has 2 nitrogen and oxygen atoms in total. The molecule has 0 radical (unpaired) electrons. The largest absolute Gasteiger partial charge is 0.305 e. The van der Waals surface area contributed by atoms with Crippen LogP contribution >= 0.6 is 7.14 Å². The van der Waals surface area contributed by atoms with Crippen molar-refractivity contribution >= 4 is 23.3 Å². The number of hydrogen-bond donors (Lipinski definition) is 0. The minimum absolute atomic E-state index is 0.282. The van der Waals surface area contributed by atoms with Crippen LogP contribution in [0.3, 0.4) is 0 Å². The molecule has 0 saturated heterocycles. The van der Waals surface area contributed by atoms with Gasteiger partial charge >= 0.3 is 0 Å². The molecule has 27 heavy (non-hydrogen) atoms. The van der Waals surface area contributed by atoms with E-state index in [1.807, 2.05) is 83.1 Å². The van der Waals surface area contributed by atoms with Crippen LogP contribution in [0.15, 0.2) is 60.7 Å². The number of carbonyl (C=O) groups excluding carboxylic acids is 1. The standard InChI is InChI=1S/C24H25O2P/c1-16-11-12-22(18(3)13-16)27(26,21-9-7-6-8-10-21)24(25)23-19(4)14-17(2)15-20(23)5/h6-15H,1-5H3. The zero-order valence-electron chi connectivity index (χ0n) is 16.5. The molecule has 0 aliphatic heterocycles. The summed E-state index contributed by atoms with van der Waals surface area (Å²) < 4.78 is 14.5. The summed E-state index contributed by atoms with van der Waals surface area (Å²) in [6, 6.07) is 18.9. The molecule has 0 aromatic heterocycles. The van der Waals surface area contributed by atoms with Crippen molar-refractivity contribution < 1.29 is 9.36 Å². The van der Waals surface area contributed by atoms with E-state index in [0.29, 0.717) is 16.2 Å². The van der Waals surface area contributed by atoms with Gasteiger partial charge in [-0.3, -0.25) is 4.79 Å². The molecule has 3 aromatic carbocycles. The quantitative estimate of drug-likeness (QED) is 0.573. The smallest absolute Gasteiger partial charge is 0.230 e. The molecule has 1 unspecified atom stereocenters. The molecule has 3 rings (SSSR count). The minimum Gasteiger partial charge on any atom is -0.305 e. The van der Waals surface area contributed by atoms with Crippen LogP contribution in [0.2, 0.25) is 0 Å². The van der Waals surface area contributed by atoms with Crippen LogP contribution in [-0.2, 0) is 4.57 Å². The van der Waals surface area contributed by atoms with Gasteiger partial charge in [0, 0.05) is 16.2 Å². The van der Waals surface area contributed by atoms with Crippen molar-refractivity contribution in [2.75, 3.05) is 0 Å². The lowest BCUT2D eigenvalue weighted by atomic mass is 10.0. The first kappa shape index (κ1) is 19.3. The maximum atomic E-state index is 14.5. The van der Waals surface area contributed by atoms with Gasteiger partial charge in [0.2, 0.25) is 12.7 Å². The van der Waals surface area contributed by atoms with Gasteiger partial charge in [-0.2, -0.15) is 0 Å². The van der Waals surface area contributed by atoms with Crippen LogP contribution in [0.1, 0.15) is 38.2 Å². The van der Waals surface area contributed by atoms with E-state index >= 15 is 0 Å². The summed E-state index contributed by atoms with van der Waals surface area (Å²) in [7, 11) is -3.50. The highest BCUT2D eigenvalue weighted by Gasteiger charge is 2.39. The third-order valence-electron chi connectivity index (χ3n) is 4.99. The van der Waals surface area contributed by atoms with Crippen LogP contribution in [0.25, 0.3) is 0 Å². The monoisotopic (exact) mass is 376 g/mol. The lowest BCUT2D eigenvalue weighted by molar-refractivity contribution is 0.107.